The van der Waals surface area contributed by atoms with E-state index in [1.54, 1.807) is 6.07 Å². The van der Waals surface area contributed by atoms with Crippen molar-refractivity contribution in [3.63, 3.8) is 0 Å². The monoisotopic (exact) mass is 339 g/mol. The zero-order chi connectivity index (χ0) is 18.2. The van der Waals surface area contributed by atoms with E-state index in [1.165, 1.54) is 4.90 Å². The fraction of sp³-hybridized carbons (Fsp3) is 0.421. The number of rotatable bonds is 2. The normalized spacial score (nSPS) is 20.5. The van der Waals surface area contributed by atoms with Crippen LogP contribution in [0.15, 0.2) is 30.3 Å². The Morgan fingerprint density at radius 3 is 2.76 bits per heavy atom. The number of nitriles is 1. The van der Waals surface area contributed by atoms with E-state index in [-0.39, 0.29) is 5.69 Å². The van der Waals surface area contributed by atoms with E-state index in [2.05, 4.69) is 4.98 Å². The number of fused-ring (bicyclic) bond motifs is 1. The molecule has 0 saturated carbocycles. The molecule has 1 N–H and O–H groups in total. The lowest BCUT2D eigenvalue weighted by Crippen LogP contribution is -2.59. The van der Waals surface area contributed by atoms with Crippen LogP contribution in [0, 0.1) is 16.7 Å². The smallest absolute Gasteiger partial charge is 0.410 e. The van der Waals surface area contributed by atoms with Crippen LogP contribution in [-0.4, -0.2) is 33.4 Å². The van der Waals surface area contributed by atoms with E-state index < -0.39 is 17.2 Å². The van der Waals surface area contributed by atoms with Crippen LogP contribution in [0.1, 0.15) is 39.3 Å². The standard InChI is InChI=1S/C19H21N3O3/c1-18(2,3)19(9-6-10-22(19)17(23)24)25-16-15-8-5-4-7-13(15)11-14(12-20)21-16/h4-5,7-8,11H,6,9-10H2,1-3H3,(H,23,24)/t19-/m1/s1. The Labute approximate surface area is 146 Å². The summed E-state index contributed by atoms with van der Waals surface area (Å²) >= 11 is 0. The summed E-state index contributed by atoms with van der Waals surface area (Å²) in [7, 11) is 0. The average molecular weight is 339 g/mol. The van der Waals surface area contributed by atoms with Gasteiger partial charge in [0.15, 0.2) is 5.72 Å². The van der Waals surface area contributed by atoms with Crippen molar-refractivity contribution < 1.29 is 14.6 Å². The number of nitrogens with zero attached hydrogens (tertiary/aromatic N) is 3. The molecule has 0 spiro atoms. The molecule has 6 nitrogen and oxygen atoms in total. The highest BCUT2D eigenvalue weighted by atomic mass is 16.5. The van der Waals surface area contributed by atoms with Crippen LogP contribution >= 0.6 is 0 Å². The Kier molecular flexibility index (Phi) is 4.03. The number of benzene rings is 1. The van der Waals surface area contributed by atoms with Crippen molar-refractivity contribution in [1.82, 2.24) is 9.88 Å². The van der Waals surface area contributed by atoms with Crippen molar-refractivity contribution >= 4 is 16.9 Å². The first-order chi connectivity index (χ1) is 11.8. The first-order valence-electron chi connectivity index (χ1n) is 8.28. The summed E-state index contributed by atoms with van der Waals surface area (Å²) in [5, 5.41) is 20.6. The summed E-state index contributed by atoms with van der Waals surface area (Å²) in [4.78, 5) is 17.5. The summed E-state index contributed by atoms with van der Waals surface area (Å²) in [6.07, 6.45) is 0.294. The second kappa shape index (κ2) is 5.92. The molecule has 1 aromatic carbocycles. The number of likely N-dealkylation sites (tertiary alicyclic amines) is 1. The third-order valence-electron chi connectivity index (χ3n) is 4.82. The molecule has 0 aliphatic carbocycles. The Hall–Kier alpha value is -2.81. The fourth-order valence-electron chi connectivity index (χ4n) is 3.54. The second-order valence-corrected chi connectivity index (χ2v) is 7.32. The minimum Gasteiger partial charge on any atom is -0.465 e. The van der Waals surface area contributed by atoms with Crippen LogP contribution in [0.25, 0.3) is 10.8 Å². The summed E-state index contributed by atoms with van der Waals surface area (Å²) in [5.41, 5.74) is -1.24. The van der Waals surface area contributed by atoms with Crippen LogP contribution in [0.4, 0.5) is 4.79 Å². The number of carboxylic acid groups (broad SMARTS) is 1. The van der Waals surface area contributed by atoms with Crippen molar-refractivity contribution in [3.8, 4) is 11.9 Å². The SMILES string of the molecule is CC(C)(C)[C@]1(Oc2nc(C#N)cc3ccccc23)CCCN1C(=O)O. The molecule has 1 aromatic heterocycles. The maximum absolute atomic E-state index is 11.8. The minimum atomic E-state index is -1.03. The molecule has 1 fully saturated rings. The van der Waals surface area contributed by atoms with E-state index >= 15 is 0 Å². The molecule has 130 valence electrons. The Bertz CT molecular complexity index is 866. The van der Waals surface area contributed by atoms with Crippen LogP contribution in [0.3, 0.4) is 0 Å². The molecule has 2 aromatic rings. The summed E-state index contributed by atoms with van der Waals surface area (Å²) in [6.45, 7) is 6.31. The number of pyridine rings is 1. The van der Waals surface area contributed by atoms with Gasteiger partial charge in [-0.1, -0.05) is 39.0 Å². The molecule has 2 heterocycles. The van der Waals surface area contributed by atoms with E-state index in [9.17, 15) is 15.2 Å². The van der Waals surface area contributed by atoms with E-state index in [4.69, 9.17) is 4.74 Å². The number of carbonyl (C=O) groups is 1. The molecule has 1 amide bonds. The minimum absolute atomic E-state index is 0.248. The van der Waals surface area contributed by atoms with Crippen LogP contribution in [0.2, 0.25) is 0 Å². The lowest BCUT2D eigenvalue weighted by molar-refractivity contribution is -0.121. The molecule has 1 aliphatic rings. The molecule has 0 unspecified atom stereocenters. The molecule has 1 saturated heterocycles. The third kappa shape index (κ3) is 2.76. The number of ether oxygens (including phenoxy) is 1. The van der Waals surface area contributed by atoms with E-state index in [1.807, 2.05) is 51.1 Å². The van der Waals surface area contributed by atoms with Gasteiger partial charge in [-0.15, -0.1) is 0 Å². The Morgan fingerprint density at radius 1 is 1.40 bits per heavy atom. The van der Waals surface area contributed by atoms with Crippen molar-refractivity contribution in [2.75, 3.05) is 6.54 Å². The van der Waals surface area contributed by atoms with Gasteiger partial charge >= 0.3 is 6.09 Å². The van der Waals surface area contributed by atoms with E-state index in [0.29, 0.717) is 18.8 Å². The van der Waals surface area contributed by atoms with Gasteiger partial charge in [-0.2, -0.15) is 5.26 Å². The lowest BCUT2D eigenvalue weighted by atomic mass is 9.81. The van der Waals surface area contributed by atoms with Gasteiger partial charge in [0.05, 0.1) is 0 Å². The molecular formula is C19H21N3O3. The number of aromatic nitrogens is 1. The van der Waals surface area contributed by atoms with Crippen LogP contribution in [0.5, 0.6) is 5.88 Å². The zero-order valence-corrected chi connectivity index (χ0v) is 14.6. The number of hydrogen-bond donors (Lipinski definition) is 1. The first-order valence-corrected chi connectivity index (χ1v) is 8.28. The topological polar surface area (TPSA) is 86.5 Å². The van der Waals surface area contributed by atoms with Gasteiger partial charge in [0.25, 0.3) is 0 Å². The highest BCUT2D eigenvalue weighted by molar-refractivity contribution is 5.87. The van der Waals surface area contributed by atoms with Crippen LogP contribution < -0.4 is 4.74 Å². The molecule has 6 heteroatoms. The molecule has 1 atom stereocenters. The molecule has 3 rings (SSSR count). The zero-order valence-electron chi connectivity index (χ0n) is 14.6. The Morgan fingerprint density at radius 2 is 2.12 bits per heavy atom. The van der Waals surface area contributed by atoms with Gasteiger partial charge in [0.2, 0.25) is 5.88 Å². The number of amides is 1. The fourth-order valence-corrected chi connectivity index (χ4v) is 3.54. The molecular weight excluding hydrogens is 318 g/mol. The summed E-state index contributed by atoms with van der Waals surface area (Å²) in [6, 6.07) is 11.3. The maximum atomic E-state index is 11.8. The quantitative estimate of drug-likeness (QED) is 0.893. The summed E-state index contributed by atoms with van der Waals surface area (Å²) < 4.78 is 6.34. The van der Waals surface area contributed by atoms with Gasteiger partial charge < -0.3 is 9.84 Å². The third-order valence-corrected chi connectivity index (χ3v) is 4.82. The number of hydrogen-bond acceptors (Lipinski definition) is 4. The second-order valence-electron chi connectivity index (χ2n) is 7.32. The highest BCUT2D eigenvalue weighted by Gasteiger charge is 2.54. The van der Waals surface area contributed by atoms with Crippen LogP contribution in [-0.2, 0) is 0 Å². The van der Waals surface area contributed by atoms with Crippen molar-refractivity contribution in [2.24, 2.45) is 5.41 Å². The van der Waals surface area contributed by atoms with Gasteiger partial charge in [0, 0.05) is 23.8 Å². The molecule has 0 radical (unpaired) electrons. The lowest BCUT2D eigenvalue weighted by Gasteiger charge is -2.46. The summed E-state index contributed by atoms with van der Waals surface area (Å²) in [5.74, 6) is 0.303. The van der Waals surface area contributed by atoms with Gasteiger partial charge in [-0.25, -0.2) is 9.78 Å². The maximum Gasteiger partial charge on any atom is 0.410 e. The van der Waals surface area contributed by atoms with Crippen molar-refractivity contribution in [3.05, 3.63) is 36.0 Å². The van der Waals surface area contributed by atoms with Gasteiger partial charge in [0.1, 0.15) is 11.8 Å². The first kappa shape index (κ1) is 17.0. The van der Waals surface area contributed by atoms with Gasteiger partial charge in [-0.3, -0.25) is 4.90 Å². The molecule has 0 bridgehead atoms. The Balaban J connectivity index is 2.18. The van der Waals surface area contributed by atoms with Crippen molar-refractivity contribution in [1.29, 1.82) is 5.26 Å². The predicted molar refractivity (Wildman–Crippen MR) is 93.2 cm³/mol. The van der Waals surface area contributed by atoms with Crippen molar-refractivity contribution in [2.45, 2.75) is 39.3 Å². The highest BCUT2D eigenvalue weighted by Crippen LogP contribution is 2.45. The molecule has 1 aliphatic heterocycles. The predicted octanol–water partition coefficient (Wildman–Crippen LogP) is 4.00. The average Bonchev–Trinajstić information content (AvgIpc) is 2.99. The van der Waals surface area contributed by atoms with E-state index in [0.717, 1.165) is 17.2 Å². The largest absolute Gasteiger partial charge is 0.465 e. The molecule has 25 heavy (non-hydrogen) atoms. The van der Waals surface area contributed by atoms with Gasteiger partial charge in [-0.05, 0) is 23.9 Å².